The lowest BCUT2D eigenvalue weighted by molar-refractivity contribution is -0.118. The number of ether oxygens (including phenoxy) is 1. The number of amidine groups is 1. The maximum absolute atomic E-state index is 12.8. The molecule has 4 rings (SSSR count). The van der Waals surface area contributed by atoms with E-state index in [9.17, 15) is 13.2 Å². The largest absolute Gasteiger partial charge is 0.493 e. The Labute approximate surface area is 145 Å². The number of para-hydroxylation sites is 1. The van der Waals surface area contributed by atoms with Crippen molar-refractivity contribution in [2.75, 3.05) is 18.9 Å². The summed E-state index contributed by atoms with van der Waals surface area (Å²) in [5, 5.41) is 2.98. The van der Waals surface area contributed by atoms with Gasteiger partial charge in [0.1, 0.15) is 5.75 Å². The maximum atomic E-state index is 12.8. The monoisotopic (exact) mass is 359 g/mol. The van der Waals surface area contributed by atoms with Crippen LogP contribution in [0.4, 0.5) is 0 Å². The standard InChI is InChI=1S/C17H17N3O4S/c21-17(18-14-7-10-24-15-6-2-1-4-12(14)15)13-5-3-8-20-9-11-25(22,23)19-16(13)20/h1-6,8,14H,7,9-11H2,(H,18,21)/t14-/m1/s1. The van der Waals surface area contributed by atoms with E-state index in [0.29, 0.717) is 19.6 Å². The molecule has 7 nitrogen and oxygen atoms in total. The summed E-state index contributed by atoms with van der Waals surface area (Å²) in [5.41, 5.74) is 1.18. The van der Waals surface area contributed by atoms with Crippen LogP contribution in [-0.2, 0) is 14.8 Å². The third kappa shape index (κ3) is 3.05. The Morgan fingerprint density at radius 3 is 3.04 bits per heavy atom. The minimum Gasteiger partial charge on any atom is -0.493 e. The Bertz CT molecular complexity index is 918. The van der Waals surface area contributed by atoms with E-state index in [-0.39, 0.29) is 29.1 Å². The van der Waals surface area contributed by atoms with Crippen molar-refractivity contribution in [1.82, 2.24) is 10.2 Å². The lowest BCUT2D eigenvalue weighted by Gasteiger charge is -2.30. The van der Waals surface area contributed by atoms with Gasteiger partial charge in [0.25, 0.3) is 15.9 Å². The molecular formula is C17H17N3O4S. The highest BCUT2D eigenvalue weighted by molar-refractivity contribution is 7.90. The molecule has 0 saturated carbocycles. The molecule has 8 heteroatoms. The van der Waals surface area contributed by atoms with Crippen LogP contribution in [0.15, 0.2) is 52.6 Å². The summed E-state index contributed by atoms with van der Waals surface area (Å²) in [6.45, 7) is 0.810. The predicted octanol–water partition coefficient (Wildman–Crippen LogP) is 1.12. The molecule has 1 amide bonds. The Hall–Kier alpha value is -2.61. The van der Waals surface area contributed by atoms with Crippen molar-refractivity contribution in [3.05, 3.63) is 53.8 Å². The Balaban J connectivity index is 1.61. The van der Waals surface area contributed by atoms with E-state index in [1.165, 1.54) is 0 Å². The van der Waals surface area contributed by atoms with Crippen LogP contribution in [0, 0.1) is 0 Å². The highest BCUT2D eigenvalue weighted by Crippen LogP contribution is 2.32. The number of rotatable bonds is 2. The molecule has 3 aliphatic heterocycles. The van der Waals surface area contributed by atoms with E-state index in [4.69, 9.17) is 4.74 Å². The Morgan fingerprint density at radius 1 is 1.32 bits per heavy atom. The minimum atomic E-state index is -3.53. The number of hydrogen-bond acceptors (Lipinski definition) is 5. The second-order valence-electron chi connectivity index (χ2n) is 6.02. The van der Waals surface area contributed by atoms with Crippen LogP contribution < -0.4 is 10.1 Å². The van der Waals surface area contributed by atoms with Crippen molar-refractivity contribution >= 4 is 21.8 Å². The molecule has 0 saturated heterocycles. The van der Waals surface area contributed by atoms with Crippen LogP contribution in [0.5, 0.6) is 5.75 Å². The van der Waals surface area contributed by atoms with Gasteiger partial charge in [-0.25, -0.2) is 8.42 Å². The summed E-state index contributed by atoms with van der Waals surface area (Å²) in [7, 11) is -3.53. The van der Waals surface area contributed by atoms with Gasteiger partial charge in [0.15, 0.2) is 5.84 Å². The van der Waals surface area contributed by atoms with Gasteiger partial charge in [-0.15, -0.1) is 4.40 Å². The zero-order valence-electron chi connectivity index (χ0n) is 13.4. The normalized spacial score (nSPS) is 23.5. The SMILES string of the molecule is O=C(N[C@@H]1CCOc2ccccc21)C1=CC=CN2CCS(=O)(=O)N=C12. The number of amides is 1. The number of carbonyl (C=O) groups excluding carboxylic acids is 1. The van der Waals surface area contributed by atoms with Gasteiger partial charge in [-0.2, -0.15) is 0 Å². The summed E-state index contributed by atoms with van der Waals surface area (Å²) >= 11 is 0. The van der Waals surface area contributed by atoms with Gasteiger partial charge in [0, 0.05) is 24.7 Å². The number of nitrogens with zero attached hydrogens (tertiary/aromatic N) is 2. The first-order chi connectivity index (χ1) is 12.0. The first kappa shape index (κ1) is 15.9. The number of carbonyl (C=O) groups is 1. The number of allylic oxidation sites excluding steroid dienone is 2. The van der Waals surface area contributed by atoms with Gasteiger partial charge >= 0.3 is 0 Å². The summed E-state index contributed by atoms with van der Waals surface area (Å²) in [5.74, 6) is 0.553. The topological polar surface area (TPSA) is 88.1 Å². The van der Waals surface area contributed by atoms with E-state index in [2.05, 4.69) is 9.71 Å². The predicted molar refractivity (Wildman–Crippen MR) is 92.6 cm³/mol. The molecule has 0 unspecified atom stereocenters. The molecule has 0 fully saturated rings. The molecule has 0 spiro atoms. The number of fused-ring (bicyclic) bond motifs is 2. The van der Waals surface area contributed by atoms with Gasteiger partial charge in [0.2, 0.25) is 0 Å². The van der Waals surface area contributed by atoms with E-state index in [1.54, 1.807) is 23.3 Å². The van der Waals surface area contributed by atoms with Gasteiger partial charge in [-0.05, 0) is 18.2 Å². The molecule has 1 aromatic rings. The number of sulfonamides is 1. The van der Waals surface area contributed by atoms with Gasteiger partial charge in [-0.1, -0.05) is 18.2 Å². The summed E-state index contributed by atoms with van der Waals surface area (Å²) in [4.78, 5) is 14.5. The molecule has 1 N–H and O–H groups in total. The summed E-state index contributed by atoms with van der Waals surface area (Å²) in [6.07, 6.45) is 5.70. The van der Waals surface area contributed by atoms with Crippen molar-refractivity contribution in [3.8, 4) is 5.75 Å². The third-order valence-electron chi connectivity index (χ3n) is 4.37. The van der Waals surface area contributed by atoms with E-state index in [0.717, 1.165) is 11.3 Å². The molecule has 25 heavy (non-hydrogen) atoms. The lowest BCUT2D eigenvalue weighted by atomic mass is 10.00. The van der Waals surface area contributed by atoms with Crippen LogP contribution in [-0.4, -0.2) is 44.0 Å². The zero-order valence-corrected chi connectivity index (χ0v) is 14.2. The second-order valence-corrected chi connectivity index (χ2v) is 7.77. The summed E-state index contributed by atoms with van der Waals surface area (Å²) < 4.78 is 33.0. The fourth-order valence-corrected chi connectivity index (χ4v) is 4.11. The number of hydrogen-bond donors (Lipinski definition) is 1. The highest BCUT2D eigenvalue weighted by atomic mass is 32.2. The number of benzene rings is 1. The molecule has 1 atom stereocenters. The quantitative estimate of drug-likeness (QED) is 0.855. The Morgan fingerprint density at radius 2 is 2.16 bits per heavy atom. The van der Waals surface area contributed by atoms with Gasteiger partial charge in [-0.3, -0.25) is 4.79 Å². The zero-order chi connectivity index (χ0) is 17.4. The van der Waals surface area contributed by atoms with E-state index in [1.807, 2.05) is 24.3 Å². The van der Waals surface area contributed by atoms with Crippen molar-refractivity contribution < 1.29 is 17.9 Å². The van der Waals surface area contributed by atoms with Gasteiger partial charge < -0.3 is 15.0 Å². The smallest absolute Gasteiger partial charge is 0.256 e. The molecule has 1 aromatic carbocycles. The third-order valence-corrected chi connectivity index (χ3v) is 5.52. The molecular weight excluding hydrogens is 342 g/mol. The van der Waals surface area contributed by atoms with Crippen molar-refractivity contribution in [2.45, 2.75) is 12.5 Å². The van der Waals surface area contributed by atoms with E-state index < -0.39 is 10.0 Å². The highest BCUT2D eigenvalue weighted by Gasteiger charge is 2.31. The first-order valence-corrected chi connectivity index (χ1v) is 9.65. The van der Waals surface area contributed by atoms with Crippen LogP contribution in [0.1, 0.15) is 18.0 Å². The molecule has 130 valence electrons. The molecule has 0 radical (unpaired) electrons. The average Bonchev–Trinajstić information content (AvgIpc) is 2.61. The molecule has 0 bridgehead atoms. The van der Waals surface area contributed by atoms with Crippen LogP contribution in [0.2, 0.25) is 0 Å². The van der Waals surface area contributed by atoms with Gasteiger partial charge in [0.05, 0.1) is 24.0 Å². The second kappa shape index (κ2) is 6.03. The van der Waals surface area contributed by atoms with Crippen LogP contribution in [0.25, 0.3) is 0 Å². The van der Waals surface area contributed by atoms with Crippen LogP contribution in [0.3, 0.4) is 0 Å². The molecule has 3 heterocycles. The van der Waals surface area contributed by atoms with E-state index >= 15 is 0 Å². The fourth-order valence-electron chi connectivity index (χ4n) is 3.12. The van der Waals surface area contributed by atoms with Crippen LogP contribution >= 0.6 is 0 Å². The lowest BCUT2D eigenvalue weighted by Crippen LogP contribution is -2.43. The molecule has 0 aliphatic carbocycles. The first-order valence-electron chi connectivity index (χ1n) is 8.04. The Kier molecular flexibility index (Phi) is 3.84. The molecule has 0 aromatic heterocycles. The molecule has 3 aliphatic rings. The minimum absolute atomic E-state index is 0.0525. The fraction of sp³-hybridized carbons (Fsp3) is 0.294. The summed E-state index contributed by atoms with van der Waals surface area (Å²) in [6, 6.07) is 7.39. The van der Waals surface area contributed by atoms with Crippen molar-refractivity contribution in [1.29, 1.82) is 0 Å². The van der Waals surface area contributed by atoms with Crippen molar-refractivity contribution in [2.24, 2.45) is 4.40 Å². The maximum Gasteiger partial charge on any atom is 0.256 e. The van der Waals surface area contributed by atoms with Crippen molar-refractivity contribution in [3.63, 3.8) is 0 Å². The average molecular weight is 359 g/mol. The number of nitrogens with one attached hydrogen (secondary N) is 1.